The zero-order valence-electron chi connectivity index (χ0n) is 7.75. The van der Waals surface area contributed by atoms with Gasteiger partial charge < -0.3 is 10.4 Å². The molecule has 1 heterocycles. The first-order valence-electron chi connectivity index (χ1n) is 4.65. The second kappa shape index (κ2) is 4.25. The van der Waals surface area contributed by atoms with Gasteiger partial charge in [-0.15, -0.1) is 0 Å². The first-order valence-corrected chi connectivity index (χ1v) is 4.65. The number of amides is 1. The number of hydrogen-bond donors (Lipinski definition) is 2. The summed E-state index contributed by atoms with van der Waals surface area (Å²) in [7, 11) is 0. The molecular formula is C9H15NO3. The summed E-state index contributed by atoms with van der Waals surface area (Å²) < 4.78 is 0. The SMILES string of the molecule is CCC[C@H]1CNC(=O)[C@H](C(=O)O)C1. The lowest BCUT2D eigenvalue weighted by atomic mass is 9.87. The van der Waals surface area contributed by atoms with Crippen LogP contribution in [0.25, 0.3) is 0 Å². The van der Waals surface area contributed by atoms with Crippen LogP contribution in [-0.4, -0.2) is 23.5 Å². The van der Waals surface area contributed by atoms with E-state index >= 15 is 0 Å². The number of rotatable bonds is 3. The number of aliphatic carboxylic acids is 1. The van der Waals surface area contributed by atoms with Gasteiger partial charge in [-0.2, -0.15) is 0 Å². The van der Waals surface area contributed by atoms with Gasteiger partial charge in [0.1, 0.15) is 5.92 Å². The largest absolute Gasteiger partial charge is 0.481 e. The van der Waals surface area contributed by atoms with Gasteiger partial charge in [-0.25, -0.2) is 0 Å². The minimum atomic E-state index is -1.00. The fraction of sp³-hybridized carbons (Fsp3) is 0.778. The molecule has 2 N–H and O–H groups in total. The average Bonchev–Trinajstić information content (AvgIpc) is 2.08. The van der Waals surface area contributed by atoms with Gasteiger partial charge >= 0.3 is 5.97 Å². The first kappa shape index (κ1) is 10.0. The number of carboxylic acid groups (broad SMARTS) is 1. The molecule has 0 aliphatic carbocycles. The normalized spacial score (nSPS) is 28.2. The van der Waals surface area contributed by atoms with E-state index in [9.17, 15) is 9.59 Å². The topological polar surface area (TPSA) is 66.4 Å². The first-order chi connectivity index (χ1) is 6.15. The molecule has 1 saturated heterocycles. The maximum Gasteiger partial charge on any atom is 0.316 e. The fourth-order valence-electron chi connectivity index (χ4n) is 1.73. The van der Waals surface area contributed by atoms with Crippen LogP contribution in [0.15, 0.2) is 0 Å². The minimum absolute atomic E-state index is 0.333. The van der Waals surface area contributed by atoms with Crippen molar-refractivity contribution in [1.82, 2.24) is 5.32 Å². The van der Waals surface area contributed by atoms with E-state index in [2.05, 4.69) is 12.2 Å². The Balaban J connectivity index is 2.52. The van der Waals surface area contributed by atoms with Crippen molar-refractivity contribution in [2.24, 2.45) is 11.8 Å². The molecule has 0 bridgehead atoms. The summed E-state index contributed by atoms with van der Waals surface area (Å²) in [5.41, 5.74) is 0. The highest BCUT2D eigenvalue weighted by atomic mass is 16.4. The van der Waals surface area contributed by atoms with Crippen LogP contribution in [0.5, 0.6) is 0 Å². The van der Waals surface area contributed by atoms with Gasteiger partial charge in [0.05, 0.1) is 0 Å². The molecule has 0 aromatic carbocycles. The zero-order chi connectivity index (χ0) is 9.84. The van der Waals surface area contributed by atoms with Gasteiger partial charge in [0, 0.05) is 6.54 Å². The van der Waals surface area contributed by atoms with Gasteiger partial charge in [0.15, 0.2) is 0 Å². The van der Waals surface area contributed by atoms with Crippen molar-refractivity contribution in [2.75, 3.05) is 6.54 Å². The van der Waals surface area contributed by atoms with Crippen molar-refractivity contribution in [2.45, 2.75) is 26.2 Å². The number of carbonyl (C=O) groups is 2. The number of nitrogens with one attached hydrogen (secondary N) is 1. The summed E-state index contributed by atoms with van der Waals surface area (Å²) >= 11 is 0. The van der Waals surface area contributed by atoms with Crippen LogP contribution in [0.4, 0.5) is 0 Å². The van der Waals surface area contributed by atoms with E-state index in [4.69, 9.17) is 5.11 Å². The standard InChI is InChI=1S/C9H15NO3/c1-2-3-6-4-7(9(12)13)8(11)10-5-6/h6-7H,2-5H2,1H3,(H,10,11)(H,12,13)/t6-,7-/m1/s1. The molecule has 0 saturated carbocycles. The molecule has 0 aromatic rings. The predicted octanol–water partition coefficient (Wildman–Crippen LogP) is 0.623. The quantitative estimate of drug-likeness (QED) is 0.633. The molecule has 1 rings (SSSR count). The fourth-order valence-corrected chi connectivity index (χ4v) is 1.73. The van der Waals surface area contributed by atoms with Gasteiger partial charge in [0.2, 0.25) is 5.91 Å². The van der Waals surface area contributed by atoms with Crippen LogP contribution in [0.1, 0.15) is 26.2 Å². The molecular weight excluding hydrogens is 170 g/mol. The van der Waals surface area contributed by atoms with Crippen LogP contribution >= 0.6 is 0 Å². The second-order valence-electron chi connectivity index (χ2n) is 3.53. The van der Waals surface area contributed by atoms with Crippen molar-refractivity contribution in [3.8, 4) is 0 Å². The Morgan fingerprint density at radius 2 is 2.38 bits per heavy atom. The number of piperidine rings is 1. The minimum Gasteiger partial charge on any atom is -0.481 e. The second-order valence-corrected chi connectivity index (χ2v) is 3.53. The van der Waals surface area contributed by atoms with E-state index in [0.29, 0.717) is 18.9 Å². The summed E-state index contributed by atoms with van der Waals surface area (Å²) in [5.74, 6) is -1.83. The lowest BCUT2D eigenvalue weighted by Gasteiger charge is -2.26. The van der Waals surface area contributed by atoms with Crippen LogP contribution in [0, 0.1) is 11.8 Å². The van der Waals surface area contributed by atoms with Gasteiger partial charge in [-0.1, -0.05) is 13.3 Å². The van der Waals surface area contributed by atoms with E-state index in [1.807, 2.05) is 0 Å². The molecule has 74 valence electrons. The highest BCUT2D eigenvalue weighted by molar-refractivity contribution is 5.97. The summed E-state index contributed by atoms with van der Waals surface area (Å²) in [6, 6.07) is 0. The van der Waals surface area contributed by atoms with Gasteiger partial charge in [-0.3, -0.25) is 9.59 Å². The van der Waals surface area contributed by atoms with E-state index in [1.54, 1.807) is 0 Å². The van der Waals surface area contributed by atoms with Crippen molar-refractivity contribution >= 4 is 11.9 Å². The van der Waals surface area contributed by atoms with Crippen LogP contribution < -0.4 is 5.32 Å². The lowest BCUT2D eigenvalue weighted by Crippen LogP contribution is -2.44. The molecule has 1 aliphatic rings. The Kier molecular flexibility index (Phi) is 3.28. The smallest absolute Gasteiger partial charge is 0.316 e. The summed E-state index contributed by atoms with van der Waals surface area (Å²) in [5, 5.41) is 11.4. The number of carboxylic acids is 1. The van der Waals surface area contributed by atoms with Crippen molar-refractivity contribution in [1.29, 1.82) is 0 Å². The van der Waals surface area contributed by atoms with Crippen LogP contribution in [0.3, 0.4) is 0 Å². The van der Waals surface area contributed by atoms with Crippen molar-refractivity contribution in [3.63, 3.8) is 0 Å². The summed E-state index contributed by atoms with van der Waals surface area (Å²) in [6.07, 6.45) is 2.52. The molecule has 0 radical (unpaired) electrons. The Morgan fingerprint density at radius 3 is 2.92 bits per heavy atom. The molecule has 13 heavy (non-hydrogen) atoms. The van der Waals surface area contributed by atoms with Crippen molar-refractivity contribution in [3.05, 3.63) is 0 Å². The van der Waals surface area contributed by atoms with Gasteiger partial charge in [-0.05, 0) is 18.8 Å². The molecule has 4 nitrogen and oxygen atoms in total. The Hall–Kier alpha value is -1.06. The predicted molar refractivity (Wildman–Crippen MR) is 47.2 cm³/mol. The molecule has 4 heteroatoms. The molecule has 0 spiro atoms. The van der Waals surface area contributed by atoms with Crippen molar-refractivity contribution < 1.29 is 14.7 Å². The third-order valence-electron chi connectivity index (χ3n) is 2.45. The maximum absolute atomic E-state index is 11.1. The monoisotopic (exact) mass is 185 g/mol. The zero-order valence-corrected chi connectivity index (χ0v) is 7.75. The van der Waals surface area contributed by atoms with E-state index in [-0.39, 0.29) is 5.91 Å². The molecule has 0 aromatic heterocycles. The third-order valence-corrected chi connectivity index (χ3v) is 2.45. The highest BCUT2D eigenvalue weighted by Crippen LogP contribution is 2.21. The molecule has 1 aliphatic heterocycles. The summed E-state index contributed by atoms with van der Waals surface area (Å²) in [4.78, 5) is 21.7. The Labute approximate surface area is 77.3 Å². The molecule has 1 fully saturated rings. The van der Waals surface area contributed by atoms with E-state index < -0.39 is 11.9 Å². The van der Waals surface area contributed by atoms with Gasteiger partial charge in [0.25, 0.3) is 0 Å². The maximum atomic E-state index is 11.1. The molecule has 1 amide bonds. The third kappa shape index (κ3) is 2.44. The number of hydrogen-bond acceptors (Lipinski definition) is 2. The van der Waals surface area contributed by atoms with E-state index in [0.717, 1.165) is 12.8 Å². The number of carbonyl (C=O) groups excluding carboxylic acids is 1. The van der Waals surface area contributed by atoms with E-state index in [1.165, 1.54) is 0 Å². The highest BCUT2D eigenvalue weighted by Gasteiger charge is 2.33. The Morgan fingerprint density at radius 1 is 1.69 bits per heavy atom. The lowest BCUT2D eigenvalue weighted by molar-refractivity contribution is -0.149. The van der Waals surface area contributed by atoms with Crippen LogP contribution in [-0.2, 0) is 9.59 Å². The molecule has 2 atom stereocenters. The molecule has 0 unspecified atom stereocenters. The summed E-state index contributed by atoms with van der Waals surface area (Å²) in [6.45, 7) is 2.70. The van der Waals surface area contributed by atoms with Crippen LogP contribution in [0.2, 0.25) is 0 Å². The Bertz CT molecular complexity index is 215. The average molecular weight is 185 g/mol.